The van der Waals surface area contributed by atoms with Crippen molar-refractivity contribution >= 4 is 17.5 Å². The summed E-state index contributed by atoms with van der Waals surface area (Å²) < 4.78 is 0. The summed E-state index contributed by atoms with van der Waals surface area (Å²) in [7, 11) is 0. The van der Waals surface area contributed by atoms with Crippen LogP contribution in [0.25, 0.3) is 0 Å². The van der Waals surface area contributed by atoms with Crippen LogP contribution in [-0.4, -0.2) is 52.6 Å². The Morgan fingerprint density at radius 1 is 1.37 bits per heavy atom. The van der Waals surface area contributed by atoms with E-state index >= 15 is 0 Å². The van der Waals surface area contributed by atoms with Crippen LogP contribution < -0.4 is 5.32 Å². The summed E-state index contributed by atoms with van der Waals surface area (Å²) in [5.74, 6) is 0.491. The number of oxime groups is 1. The van der Waals surface area contributed by atoms with Gasteiger partial charge in [0.2, 0.25) is 11.5 Å². The molecule has 0 radical (unpaired) electrons. The molecule has 7 heteroatoms. The quantitative estimate of drug-likeness (QED) is 0.827. The number of carbonyl (C=O) groups is 2. The molecule has 0 aliphatic carbocycles. The lowest BCUT2D eigenvalue weighted by atomic mass is 9.93. The van der Waals surface area contributed by atoms with Gasteiger partial charge in [-0.05, 0) is 50.7 Å². The molecule has 1 saturated heterocycles. The molecule has 1 fully saturated rings. The van der Waals surface area contributed by atoms with Gasteiger partial charge in [0.15, 0.2) is 0 Å². The van der Waals surface area contributed by atoms with E-state index in [9.17, 15) is 9.59 Å². The monoisotopic (exact) mass is 372 g/mol. The van der Waals surface area contributed by atoms with E-state index in [-0.39, 0.29) is 11.8 Å². The van der Waals surface area contributed by atoms with Gasteiger partial charge in [-0.25, -0.2) is 0 Å². The largest absolute Gasteiger partial charge is 0.379 e. The lowest BCUT2D eigenvalue weighted by molar-refractivity contribution is -0.154. The molecule has 1 aromatic rings. The van der Waals surface area contributed by atoms with Gasteiger partial charge >= 0.3 is 0 Å². The molecule has 0 spiro atoms. The van der Waals surface area contributed by atoms with Crippen molar-refractivity contribution in [3.05, 3.63) is 30.1 Å². The van der Waals surface area contributed by atoms with Crippen LogP contribution in [0.15, 0.2) is 29.7 Å². The van der Waals surface area contributed by atoms with Crippen LogP contribution >= 0.6 is 0 Å². The number of nitrogens with one attached hydrogen (secondary N) is 1. The van der Waals surface area contributed by atoms with Crippen molar-refractivity contribution in [1.29, 1.82) is 0 Å². The van der Waals surface area contributed by atoms with E-state index in [0.29, 0.717) is 44.8 Å². The first kappa shape index (κ1) is 19.3. The zero-order chi connectivity index (χ0) is 19.3. The third-order valence-corrected chi connectivity index (χ3v) is 5.30. The molecule has 0 bridgehead atoms. The summed E-state index contributed by atoms with van der Waals surface area (Å²) in [4.78, 5) is 36.1. The van der Waals surface area contributed by atoms with Crippen molar-refractivity contribution in [2.45, 2.75) is 51.6 Å². The number of pyridine rings is 1. The first-order valence-corrected chi connectivity index (χ1v) is 9.63. The van der Waals surface area contributed by atoms with Crippen LogP contribution in [0.4, 0.5) is 0 Å². The third kappa shape index (κ3) is 5.05. The summed E-state index contributed by atoms with van der Waals surface area (Å²) >= 11 is 0. The molecule has 27 heavy (non-hydrogen) atoms. The number of aromatic nitrogens is 1. The highest BCUT2D eigenvalue weighted by Gasteiger charge is 2.44. The van der Waals surface area contributed by atoms with E-state index in [4.69, 9.17) is 4.84 Å². The average molecular weight is 372 g/mol. The van der Waals surface area contributed by atoms with Gasteiger partial charge in [0, 0.05) is 44.9 Å². The van der Waals surface area contributed by atoms with E-state index in [1.54, 1.807) is 12.4 Å². The van der Waals surface area contributed by atoms with Gasteiger partial charge in [-0.2, -0.15) is 0 Å². The van der Waals surface area contributed by atoms with Crippen molar-refractivity contribution < 1.29 is 14.4 Å². The number of likely N-dealkylation sites (tertiary alicyclic amines) is 1. The van der Waals surface area contributed by atoms with Crippen LogP contribution in [-0.2, 0) is 20.8 Å². The van der Waals surface area contributed by atoms with E-state index < -0.39 is 5.60 Å². The summed E-state index contributed by atoms with van der Waals surface area (Å²) in [5, 5.41) is 6.96. The standard InChI is InChI=1S/C20H28N4O3/c1-15-12-20(2,27-23-15)19(26)24-10-7-17(8-11-24)14-22-18(25)6-5-16-4-3-9-21-13-16/h3-4,9,13,17H,5-8,10-12,14H2,1-2H3,(H,22,25)/t20-/m0/s1. The van der Waals surface area contributed by atoms with Crippen molar-refractivity contribution in [3.8, 4) is 0 Å². The minimum Gasteiger partial charge on any atom is -0.379 e. The zero-order valence-electron chi connectivity index (χ0n) is 16.1. The molecule has 7 nitrogen and oxygen atoms in total. The molecule has 146 valence electrons. The Bertz CT molecular complexity index is 698. The summed E-state index contributed by atoms with van der Waals surface area (Å²) in [6.07, 6.45) is 7.04. The number of aryl methyl sites for hydroxylation is 1. The van der Waals surface area contributed by atoms with Crippen LogP contribution in [0.3, 0.4) is 0 Å². The summed E-state index contributed by atoms with van der Waals surface area (Å²) in [5.41, 5.74) is 1.08. The summed E-state index contributed by atoms with van der Waals surface area (Å²) in [6, 6.07) is 3.86. The molecular weight excluding hydrogens is 344 g/mol. The third-order valence-electron chi connectivity index (χ3n) is 5.30. The van der Waals surface area contributed by atoms with E-state index in [0.717, 1.165) is 24.1 Å². The molecule has 1 N–H and O–H groups in total. The van der Waals surface area contributed by atoms with Gasteiger partial charge in [-0.3, -0.25) is 14.6 Å². The molecular formula is C20H28N4O3. The van der Waals surface area contributed by atoms with Gasteiger partial charge in [0.1, 0.15) is 0 Å². The van der Waals surface area contributed by atoms with Gasteiger partial charge in [0.05, 0.1) is 5.71 Å². The Kier molecular flexibility index (Phi) is 6.08. The maximum absolute atomic E-state index is 12.7. The Labute approximate surface area is 160 Å². The zero-order valence-corrected chi connectivity index (χ0v) is 16.1. The second-order valence-electron chi connectivity index (χ2n) is 7.73. The minimum absolute atomic E-state index is 0.0158. The average Bonchev–Trinajstić information content (AvgIpc) is 3.05. The molecule has 0 aromatic carbocycles. The van der Waals surface area contributed by atoms with Crippen LogP contribution in [0.1, 0.15) is 45.1 Å². The number of carbonyl (C=O) groups excluding carboxylic acids is 2. The fourth-order valence-electron chi connectivity index (χ4n) is 3.67. The molecule has 1 atom stereocenters. The lowest BCUT2D eigenvalue weighted by Gasteiger charge is -2.35. The minimum atomic E-state index is -0.850. The number of piperidine rings is 1. The number of amides is 2. The highest BCUT2D eigenvalue weighted by atomic mass is 16.7. The van der Waals surface area contributed by atoms with Gasteiger partial charge in [-0.15, -0.1) is 0 Å². The van der Waals surface area contributed by atoms with Gasteiger partial charge < -0.3 is 15.1 Å². The Balaban J connectivity index is 1.36. The fraction of sp³-hybridized carbons (Fsp3) is 0.600. The molecule has 3 heterocycles. The SMILES string of the molecule is CC1=NO[C@](C)(C(=O)N2CCC(CNC(=O)CCc3cccnc3)CC2)C1. The fourth-order valence-corrected chi connectivity index (χ4v) is 3.67. The normalized spacial score (nSPS) is 22.9. The Hall–Kier alpha value is -2.44. The lowest BCUT2D eigenvalue weighted by Crippen LogP contribution is -2.50. The van der Waals surface area contributed by atoms with Crippen molar-refractivity contribution in [1.82, 2.24) is 15.2 Å². The van der Waals surface area contributed by atoms with E-state index in [1.807, 2.05) is 30.9 Å². The van der Waals surface area contributed by atoms with Crippen molar-refractivity contribution in [2.75, 3.05) is 19.6 Å². The number of rotatable bonds is 6. The number of hydrogen-bond donors (Lipinski definition) is 1. The molecule has 3 rings (SSSR count). The highest BCUT2D eigenvalue weighted by molar-refractivity contribution is 5.94. The molecule has 0 saturated carbocycles. The Morgan fingerprint density at radius 2 is 2.15 bits per heavy atom. The predicted octanol–water partition coefficient (Wildman–Crippen LogP) is 1.92. The van der Waals surface area contributed by atoms with Crippen molar-refractivity contribution in [3.63, 3.8) is 0 Å². The molecule has 0 unspecified atom stereocenters. The smallest absolute Gasteiger partial charge is 0.269 e. The number of hydrogen-bond acceptors (Lipinski definition) is 5. The Morgan fingerprint density at radius 3 is 2.78 bits per heavy atom. The molecule has 2 aliphatic heterocycles. The van der Waals surface area contributed by atoms with Crippen LogP contribution in [0.5, 0.6) is 0 Å². The van der Waals surface area contributed by atoms with Crippen molar-refractivity contribution in [2.24, 2.45) is 11.1 Å². The van der Waals surface area contributed by atoms with Gasteiger partial charge in [-0.1, -0.05) is 11.2 Å². The highest BCUT2D eigenvalue weighted by Crippen LogP contribution is 2.28. The van der Waals surface area contributed by atoms with E-state index in [2.05, 4.69) is 15.5 Å². The predicted molar refractivity (Wildman–Crippen MR) is 102 cm³/mol. The van der Waals surface area contributed by atoms with Crippen LogP contribution in [0, 0.1) is 5.92 Å². The first-order valence-electron chi connectivity index (χ1n) is 9.63. The molecule has 2 aliphatic rings. The molecule has 2 amide bonds. The second kappa shape index (κ2) is 8.50. The summed E-state index contributed by atoms with van der Waals surface area (Å²) in [6.45, 7) is 5.76. The van der Waals surface area contributed by atoms with Crippen LogP contribution in [0.2, 0.25) is 0 Å². The maximum Gasteiger partial charge on any atom is 0.269 e. The van der Waals surface area contributed by atoms with E-state index in [1.165, 1.54) is 0 Å². The number of nitrogens with zero attached hydrogens (tertiary/aromatic N) is 3. The van der Waals surface area contributed by atoms with Gasteiger partial charge in [0.25, 0.3) is 5.91 Å². The second-order valence-corrected chi connectivity index (χ2v) is 7.73. The first-order chi connectivity index (χ1) is 13.0. The maximum atomic E-state index is 12.7. The molecule has 1 aromatic heterocycles. The topological polar surface area (TPSA) is 83.9 Å².